The summed E-state index contributed by atoms with van der Waals surface area (Å²) < 4.78 is 43.6. The fourth-order valence-electron chi connectivity index (χ4n) is 1.29. The Morgan fingerprint density at radius 1 is 1.26 bits per heavy atom. The maximum Gasteiger partial charge on any atom is 0.255 e. The standard InChI is InChI=1S/C11H11F3N2O3/c1-19-4-9(10(15)17)16-11(18)5-2-7(13)8(14)3-6(5)12/h2-3,9H,4H2,1H3,(H2,15,17)(H,16,18)/t9-/m1/s1. The van der Waals surface area contributed by atoms with Gasteiger partial charge in [-0.15, -0.1) is 0 Å². The average molecular weight is 276 g/mol. The van der Waals surface area contributed by atoms with Gasteiger partial charge in [-0.1, -0.05) is 0 Å². The molecule has 0 saturated heterocycles. The minimum atomic E-state index is -1.42. The lowest BCUT2D eigenvalue weighted by molar-refractivity contribution is -0.121. The van der Waals surface area contributed by atoms with Crippen molar-refractivity contribution in [2.45, 2.75) is 6.04 Å². The molecule has 0 fully saturated rings. The third kappa shape index (κ3) is 3.68. The van der Waals surface area contributed by atoms with Gasteiger partial charge in [0.2, 0.25) is 5.91 Å². The minimum absolute atomic E-state index is 0.230. The molecule has 0 heterocycles. The number of hydrogen-bond acceptors (Lipinski definition) is 3. The van der Waals surface area contributed by atoms with Crippen molar-refractivity contribution in [3.63, 3.8) is 0 Å². The molecule has 0 bridgehead atoms. The largest absolute Gasteiger partial charge is 0.382 e. The molecule has 19 heavy (non-hydrogen) atoms. The number of nitrogens with one attached hydrogen (secondary N) is 1. The maximum absolute atomic E-state index is 13.3. The van der Waals surface area contributed by atoms with Crippen molar-refractivity contribution in [1.29, 1.82) is 0 Å². The van der Waals surface area contributed by atoms with Crippen LogP contribution in [0.2, 0.25) is 0 Å². The van der Waals surface area contributed by atoms with Crippen LogP contribution in [-0.2, 0) is 9.53 Å². The van der Waals surface area contributed by atoms with E-state index >= 15 is 0 Å². The smallest absolute Gasteiger partial charge is 0.255 e. The molecule has 0 aliphatic heterocycles. The molecule has 5 nitrogen and oxygen atoms in total. The highest BCUT2D eigenvalue weighted by Crippen LogP contribution is 2.13. The number of amides is 2. The summed E-state index contributed by atoms with van der Waals surface area (Å²) in [5.74, 6) is -6.06. The summed E-state index contributed by atoms with van der Waals surface area (Å²) in [6.07, 6.45) is 0. The predicted molar refractivity (Wildman–Crippen MR) is 58.6 cm³/mol. The van der Waals surface area contributed by atoms with Crippen LogP contribution in [0.1, 0.15) is 10.4 Å². The van der Waals surface area contributed by atoms with E-state index in [9.17, 15) is 22.8 Å². The van der Waals surface area contributed by atoms with Gasteiger partial charge in [-0.25, -0.2) is 13.2 Å². The van der Waals surface area contributed by atoms with Crippen molar-refractivity contribution in [3.05, 3.63) is 35.1 Å². The third-order valence-electron chi connectivity index (χ3n) is 2.24. The van der Waals surface area contributed by atoms with Crippen LogP contribution in [0.3, 0.4) is 0 Å². The van der Waals surface area contributed by atoms with E-state index < -0.39 is 40.9 Å². The number of hydrogen-bond donors (Lipinski definition) is 2. The van der Waals surface area contributed by atoms with Crippen molar-refractivity contribution in [3.8, 4) is 0 Å². The number of nitrogens with two attached hydrogens (primary N) is 1. The zero-order valence-electron chi connectivity index (χ0n) is 9.88. The van der Waals surface area contributed by atoms with Crippen molar-refractivity contribution >= 4 is 11.8 Å². The first-order valence-corrected chi connectivity index (χ1v) is 5.10. The summed E-state index contributed by atoms with van der Waals surface area (Å²) in [5.41, 5.74) is 4.24. The summed E-state index contributed by atoms with van der Waals surface area (Å²) in [7, 11) is 1.26. The van der Waals surface area contributed by atoms with E-state index in [4.69, 9.17) is 5.73 Å². The van der Waals surface area contributed by atoms with E-state index in [1.807, 2.05) is 0 Å². The fraction of sp³-hybridized carbons (Fsp3) is 0.273. The molecule has 8 heteroatoms. The van der Waals surface area contributed by atoms with Gasteiger partial charge in [0.05, 0.1) is 12.2 Å². The Balaban J connectivity index is 2.94. The Morgan fingerprint density at radius 2 is 1.84 bits per heavy atom. The van der Waals surface area contributed by atoms with Gasteiger partial charge in [-0.3, -0.25) is 9.59 Å². The number of carbonyl (C=O) groups is 2. The number of rotatable bonds is 5. The lowest BCUT2D eigenvalue weighted by atomic mass is 10.1. The number of primary amides is 1. The van der Waals surface area contributed by atoms with E-state index in [2.05, 4.69) is 10.1 Å². The molecule has 1 rings (SSSR count). The highest BCUT2D eigenvalue weighted by Gasteiger charge is 2.22. The second kappa shape index (κ2) is 6.19. The van der Waals surface area contributed by atoms with Crippen LogP contribution in [0.5, 0.6) is 0 Å². The summed E-state index contributed by atoms with van der Waals surface area (Å²) in [6, 6.07) is -0.574. The highest BCUT2D eigenvalue weighted by atomic mass is 19.2. The molecule has 3 N–H and O–H groups in total. The average Bonchev–Trinajstić information content (AvgIpc) is 2.32. The molecular weight excluding hydrogens is 265 g/mol. The first-order chi connectivity index (χ1) is 8.86. The van der Waals surface area contributed by atoms with E-state index in [0.29, 0.717) is 6.07 Å². The molecule has 0 aliphatic rings. The molecule has 104 valence electrons. The number of carbonyl (C=O) groups excluding carboxylic acids is 2. The van der Waals surface area contributed by atoms with Crippen LogP contribution < -0.4 is 11.1 Å². The highest BCUT2D eigenvalue weighted by molar-refractivity contribution is 5.97. The normalized spacial score (nSPS) is 12.0. The molecule has 0 saturated carbocycles. The fourth-order valence-corrected chi connectivity index (χ4v) is 1.29. The van der Waals surface area contributed by atoms with Crippen molar-refractivity contribution in [1.82, 2.24) is 5.32 Å². The number of halogens is 3. The SMILES string of the molecule is COC[C@@H](NC(=O)c1cc(F)c(F)cc1F)C(N)=O. The number of methoxy groups -OCH3 is 1. The van der Waals surface area contributed by atoms with Crippen LogP contribution in [0.15, 0.2) is 12.1 Å². The van der Waals surface area contributed by atoms with Gasteiger partial charge in [0.15, 0.2) is 11.6 Å². The van der Waals surface area contributed by atoms with E-state index in [1.54, 1.807) is 0 Å². The van der Waals surface area contributed by atoms with E-state index in [-0.39, 0.29) is 12.7 Å². The zero-order valence-corrected chi connectivity index (χ0v) is 9.88. The molecule has 1 aromatic rings. The zero-order chi connectivity index (χ0) is 14.6. The second-order valence-electron chi connectivity index (χ2n) is 3.63. The lowest BCUT2D eigenvalue weighted by Crippen LogP contribution is -2.47. The van der Waals surface area contributed by atoms with Gasteiger partial charge in [0.25, 0.3) is 5.91 Å². The molecule has 0 aromatic heterocycles. The second-order valence-corrected chi connectivity index (χ2v) is 3.63. The molecular formula is C11H11F3N2O3. The maximum atomic E-state index is 13.3. The van der Waals surface area contributed by atoms with E-state index in [0.717, 1.165) is 0 Å². The van der Waals surface area contributed by atoms with Gasteiger partial charge in [0, 0.05) is 13.2 Å². The molecule has 0 aliphatic carbocycles. The van der Waals surface area contributed by atoms with Crippen molar-refractivity contribution in [2.24, 2.45) is 5.73 Å². The third-order valence-corrected chi connectivity index (χ3v) is 2.24. The van der Waals surface area contributed by atoms with Crippen LogP contribution in [0, 0.1) is 17.5 Å². The summed E-state index contributed by atoms with van der Waals surface area (Å²) in [5, 5.41) is 2.05. The first-order valence-electron chi connectivity index (χ1n) is 5.10. The van der Waals surface area contributed by atoms with Gasteiger partial charge >= 0.3 is 0 Å². The molecule has 1 aromatic carbocycles. The molecule has 0 unspecified atom stereocenters. The monoisotopic (exact) mass is 276 g/mol. The van der Waals surface area contributed by atoms with Crippen molar-refractivity contribution < 1.29 is 27.5 Å². The number of benzene rings is 1. The Morgan fingerprint density at radius 3 is 2.37 bits per heavy atom. The summed E-state index contributed by atoms with van der Waals surface area (Å²) in [4.78, 5) is 22.6. The molecule has 0 spiro atoms. The van der Waals surface area contributed by atoms with Gasteiger partial charge in [0.1, 0.15) is 11.9 Å². The summed E-state index contributed by atoms with van der Waals surface area (Å²) in [6.45, 7) is -0.230. The molecule has 2 amide bonds. The minimum Gasteiger partial charge on any atom is -0.382 e. The van der Waals surface area contributed by atoms with Gasteiger partial charge < -0.3 is 15.8 Å². The van der Waals surface area contributed by atoms with Gasteiger partial charge in [-0.2, -0.15) is 0 Å². The Hall–Kier alpha value is -2.09. The van der Waals surface area contributed by atoms with Gasteiger partial charge in [-0.05, 0) is 6.07 Å². The van der Waals surface area contributed by atoms with Crippen LogP contribution in [0.4, 0.5) is 13.2 Å². The lowest BCUT2D eigenvalue weighted by Gasteiger charge is -2.14. The van der Waals surface area contributed by atoms with Crippen LogP contribution in [0.25, 0.3) is 0 Å². The number of ether oxygens (including phenoxy) is 1. The van der Waals surface area contributed by atoms with Crippen LogP contribution >= 0.6 is 0 Å². The summed E-state index contributed by atoms with van der Waals surface area (Å²) >= 11 is 0. The topological polar surface area (TPSA) is 81.4 Å². The van der Waals surface area contributed by atoms with E-state index in [1.165, 1.54) is 7.11 Å². The Bertz CT molecular complexity index is 508. The molecule has 1 atom stereocenters. The van der Waals surface area contributed by atoms with Crippen LogP contribution in [-0.4, -0.2) is 31.6 Å². The van der Waals surface area contributed by atoms with Crippen molar-refractivity contribution in [2.75, 3.05) is 13.7 Å². The quantitative estimate of drug-likeness (QED) is 0.761. The Labute approximate surface area is 106 Å². The molecule has 0 radical (unpaired) electrons. The first kappa shape index (κ1) is 15.0. The Kier molecular flexibility index (Phi) is 4.87. The predicted octanol–water partition coefficient (Wildman–Crippen LogP) is 0.334.